The van der Waals surface area contributed by atoms with E-state index < -0.39 is 79.8 Å². The first-order valence-electron chi connectivity index (χ1n) is 29.8. The molecule has 0 aromatic heterocycles. The molecule has 73 heavy (non-hydrogen) atoms. The first-order chi connectivity index (χ1) is 35.4. The molecule has 1 rings (SSSR count). The van der Waals surface area contributed by atoms with Crippen LogP contribution in [0.25, 0.3) is 0 Å². The quantitative estimate of drug-likeness (QED) is 0.0217. The molecule has 0 aromatic carbocycles. The highest BCUT2D eigenvalue weighted by Crippen LogP contribution is 2.26. The minimum Gasteiger partial charge on any atom is -0.481 e. The van der Waals surface area contributed by atoms with Crippen LogP contribution in [0.5, 0.6) is 0 Å². The van der Waals surface area contributed by atoms with Crippen molar-refractivity contribution in [2.45, 2.75) is 327 Å². The van der Waals surface area contributed by atoms with Crippen molar-refractivity contribution in [3.05, 3.63) is 0 Å². The maximum Gasteiger partial charge on any atom is 0.309 e. The van der Waals surface area contributed by atoms with Crippen LogP contribution in [0.15, 0.2) is 0 Å². The lowest BCUT2D eigenvalue weighted by molar-refractivity contribution is -0.270. The van der Waals surface area contributed by atoms with Gasteiger partial charge in [-0.1, -0.05) is 207 Å². The van der Waals surface area contributed by atoms with Crippen LogP contribution >= 0.6 is 0 Å². The van der Waals surface area contributed by atoms with E-state index in [2.05, 4.69) is 33.0 Å². The molecule has 15 heteroatoms. The van der Waals surface area contributed by atoms with Crippen molar-refractivity contribution in [1.29, 1.82) is 0 Å². The standard InChI is InChI=1S/C58H108N2O13/c1-5-9-13-17-21-23-27-29-33-37-47(70-52(65)39-35-31-25-19-15-11-7-3)42-50(62)60-46(41-51(63)64)45-69-58-55(59)57(56(68)49(44-61)72-58)73-54(67)43-48(38-34-30-28-24-22-18-14-10-6-2)71-53(66)40-36-32-26-20-16-12-8-4/h46-49,55-58,61,68H,5-45,59H2,1-4H3,(H,60,62)(H,63,64)/t46-,47-,48-,49-,55-,56-,57-,58-/m1/s1. The van der Waals surface area contributed by atoms with Crippen molar-refractivity contribution in [3.8, 4) is 0 Å². The maximum atomic E-state index is 13.6. The highest BCUT2D eigenvalue weighted by molar-refractivity contribution is 5.78. The van der Waals surface area contributed by atoms with Gasteiger partial charge in [0, 0.05) is 12.8 Å². The number of ether oxygens (including phenoxy) is 5. The van der Waals surface area contributed by atoms with Crippen LogP contribution in [-0.2, 0) is 47.7 Å². The summed E-state index contributed by atoms with van der Waals surface area (Å²) in [6.07, 6.45) is 28.4. The minimum atomic E-state index is -1.54. The average molecular weight is 1040 g/mol. The van der Waals surface area contributed by atoms with Gasteiger partial charge in [-0.25, -0.2) is 0 Å². The van der Waals surface area contributed by atoms with E-state index in [0.717, 1.165) is 89.9 Å². The topological polar surface area (TPSA) is 230 Å². The second kappa shape index (κ2) is 46.5. The number of aliphatic hydroxyl groups is 2. The van der Waals surface area contributed by atoms with Crippen molar-refractivity contribution in [2.75, 3.05) is 13.2 Å². The van der Waals surface area contributed by atoms with Gasteiger partial charge in [0.1, 0.15) is 24.4 Å². The first-order valence-corrected chi connectivity index (χ1v) is 29.8. The Kier molecular flexibility index (Phi) is 43.4. The molecular weight excluding hydrogens is 933 g/mol. The molecular formula is C58H108N2O13. The zero-order valence-electron chi connectivity index (χ0n) is 46.6. The fraction of sp³-hybridized carbons (Fsp3) is 0.914. The Bertz CT molecular complexity index is 1390. The molecule has 1 fully saturated rings. The third-order valence-corrected chi connectivity index (χ3v) is 14.0. The number of hydrogen-bond acceptors (Lipinski definition) is 13. The highest BCUT2D eigenvalue weighted by Gasteiger charge is 2.46. The predicted octanol–water partition coefficient (Wildman–Crippen LogP) is 12.0. The number of unbranched alkanes of at least 4 members (excludes halogenated alkanes) is 28. The lowest BCUT2D eigenvalue weighted by Crippen LogP contribution is -2.64. The SMILES string of the molecule is CCCCCCCCCCC[C@H](CC(=O)N[C@@H](CO[C@@H]1O[C@H](CO)[C@@H](O)[C@H](OC(=O)C[C@@H](CCCCCCCCCCC)OC(=O)CCCCCCCCC)[C@H]1N)CC(=O)O)OC(=O)CCCCCCCCC. The van der Waals surface area contributed by atoms with Gasteiger partial charge in [0.15, 0.2) is 12.4 Å². The van der Waals surface area contributed by atoms with E-state index >= 15 is 0 Å². The maximum absolute atomic E-state index is 13.6. The molecule has 0 spiro atoms. The number of carbonyl (C=O) groups excluding carboxylic acids is 4. The van der Waals surface area contributed by atoms with Crippen molar-refractivity contribution in [1.82, 2.24) is 5.32 Å². The summed E-state index contributed by atoms with van der Waals surface area (Å²) in [4.78, 5) is 65.2. The Hall–Kier alpha value is -2.85. The molecule has 1 heterocycles. The van der Waals surface area contributed by atoms with E-state index in [1.807, 2.05) is 0 Å². The number of aliphatic hydroxyl groups excluding tert-OH is 2. The number of nitrogens with two attached hydrogens (primary N) is 1. The number of hydrogen-bond donors (Lipinski definition) is 5. The third-order valence-electron chi connectivity index (χ3n) is 14.0. The van der Waals surface area contributed by atoms with Crippen LogP contribution in [0.1, 0.15) is 278 Å². The smallest absolute Gasteiger partial charge is 0.309 e. The molecule has 15 nitrogen and oxygen atoms in total. The number of carboxylic acids is 1. The van der Waals surface area contributed by atoms with Gasteiger partial charge in [-0.2, -0.15) is 0 Å². The van der Waals surface area contributed by atoms with Gasteiger partial charge in [-0.05, 0) is 38.5 Å². The third kappa shape index (κ3) is 36.7. The fourth-order valence-electron chi connectivity index (χ4n) is 9.55. The Labute approximate surface area is 442 Å². The van der Waals surface area contributed by atoms with Gasteiger partial charge < -0.3 is 50.1 Å². The number of nitrogens with one attached hydrogen (secondary N) is 1. The molecule has 428 valence electrons. The number of rotatable bonds is 50. The number of aliphatic carboxylic acids is 1. The molecule has 0 saturated carbocycles. The van der Waals surface area contributed by atoms with Gasteiger partial charge in [-0.3, -0.25) is 24.0 Å². The summed E-state index contributed by atoms with van der Waals surface area (Å²) in [7, 11) is 0. The zero-order chi connectivity index (χ0) is 53.7. The average Bonchev–Trinajstić information content (AvgIpc) is 3.35. The molecule has 6 N–H and O–H groups in total. The van der Waals surface area contributed by atoms with Crippen molar-refractivity contribution < 1.29 is 63.0 Å². The van der Waals surface area contributed by atoms with E-state index in [9.17, 15) is 39.3 Å². The lowest BCUT2D eigenvalue weighted by Gasteiger charge is -2.42. The molecule has 0 aliphatic carbocycles. The van der Waals surface area contributed by atoms with Crippen molar-refractivity contribution in [3.63, 3.8) is 0 Å². The number of amides is 1. The molecule has 1 aliphatic rings. The monoisotopic (exact) mass is 1040 g/mol. The van der Waals surface area contributed by atoms with E-state index in [1.165, 1.54) is 103 Å². The lowest BCUT2D eigenvalue weighted by atomic mass is 9.97. The largest absolute Gasteiger partial charge is 0.481 e. The second-order valence-corrected chi connectivity index (χ2v) is 21.1. The predicted molar refractivity (Wildman–Crippen MR) is 288 cm³/mol. The van der Waals surface area contributed by atoms with E-state index in [0.29, 0.717) is 25.7 Å². The molecule has 0 aromatic rings. The normalized spacial score (nSPS) is 19.0. The molecule has 8 atom stereocenters. The summed E-state index contributed by atoms with van der Waals surface area (Å²) < 4.78 is 29.3. The zero-order valence-corrected chi connectivity index (χ0v) is 46.6. The summed E-state index contributed by atoms with van der Waals surface area (Å²) in [5.74, 6) is -3.18. The first kappa shape index (κ1) is 68.2. The number of carboxylic acid groups (broad SMARTS) is 1. The number of esters is 3. The Morgan fingerprint density at radius 2 is 0.918 bits per heavy atom. The molecule has 0 unspecified atom stereocenters. The summed E-state index contributed by atoms with van der Waals surface area (Å²) in [6.45, 7) is 7.70. The number of carbonyl (C=O) groups is 5. The van der Waals surface area contributed by atoms with Crippen molar-refractivity contribution in [2.24, 2.45) is 5.73 Å². The highest BCUT2D eigenvalue weighted by atomic mass is 16.7. The van der Waals surface area contributed by atoms with E-state index in [4.69, 9.17) is 29.4 Å². The van der Waals surface area contributed by atoms with Crippen LogP contribution in [-0.4, -0.2) is 107 Å². The van der Waals surface area contributed by atoms with Gasteiger partial charge in [0.25, 0.3) is 0 Å². The van der Waals surface area contributed by atoms with Crippen LogP contribution in [0.2, 0.25) is 0 Å². The van der Waals surface area contributed by atoms with Crippen LogP contribution in [0.3, 0.4) is 0 Å². The fourth-order valence-corrected chi connectivity index (χ4v) is 9.55. The van der Waals surface area contributed by atoms with Gasteiger partial charge >= 0.3 is 23.9 Å². The Morgan fingerprint density at radius 1 is 0.534 bits per heavy atom. The minimum absolute atomic E-state index is 0.152. The second-order valence-electron chi connectivity index (χ2n) is 21.1. The van der Waals surface area contributed by atoms with Gasteiger partial charge in [0.05, 0.1) is 44.6 Å². The summed E-state index contributed by atoms with van der Waals surface area (Å²) >= 11 is 0. The molecule has 1 saturated heterocycles. The van der Waals surface area contributed by atoms with E-state index in [1.54, 1.807) is 0 Å². The van der Waals surface area contributed by atoms with Gasteiger partial charge in [-0.15, -0.1) is 0 Å². The summed E-state index contributed by atoms with van der Waals surface area (Å²) in [5.41, 5.74) is 6.53. The van der Waals surface area contributed by atoms with Gasteiger partial charge in [0.2, 0.25) is 5.91 Å². The summed E-state index contributed by atoms with van der Waals surface area (Å²) in [5, 5.41) is 33.9. The van der Waals surface area contributed by atoms with Crippen LogP contribution in [0, 0.1) is 0 Å². The molecule has 0 radical (unpaired) electrons. The van der Waals surface area contributed by atoms with Crippen molar-refractivity contribution >= 4 is 29.8 Å². The molecule has 1 amide bonds. The molecule has 1 aliphatic heterocycles. The molecule has 0 bridgehead atoms. The van der Waals surface area contributed by atoms with Crippen LogP contribution in [0.4, 0.5) is 0 Å². The van der Waals surface area contributed by atoms with Crippen LogP contribution < -0.4 is 11.1 Å². The Morgan fingerprint density at radius 3 is 1.32 bits per heavy atom. The Balaban J connectivity index is 2.98. The van der Waals surface area contributed by atoms with E-state index in [-0.39, 0.29) is 44.2 Å². The summed E-state index contributed by atoms with van der Waals surface area (Å²) in [6, 6.07) is -2.34.